The van der Waals surface area contributed by atoms with Gasteiger partial charge in [-0.1, -0.05) is 83.9 Å². The first-order valence-electron chi connectivity index (χ1n) is 21.4. The highest BCUT2D eigenvalue weighted by atomic mass is 35.5. The summed E-state index contributed by atoms with van der Waals surface area (Å²) in [5.41, 5.74) is 0.795. The zero-order valence-electron chi connectivity index (χ0n) is 35.9. The van der Waals surface area contributed by atoms with Gasteiger partial charge in [0, 0.05) is 24.6 Å². The number of carbonyl (C=O) groups is 2. The number of hydrogen-bond donors (Lipinski definition) is 2. The molecule has 0 radical (unpaired) electrons. The number of methoxy groups -OCH3 is 2. The lowest BCUT2D eigenvalue weighted by molar-refractivity contribution is -0.605. The van der Waals surface area contributed by atoms with Crippen LogP contribution in [0.3, 0.4) is 0 Å². The second-order valence-corrected chi connectivity index (χ2v) is 19.3. The first-order valence-corrected chi connectivity index (χ1v) is 23.6. The zero-order chi connectivity index (χ0) is 45.9. The van der Waals surface area contributed by atoms with Crippen molar-refractivity contribution in [2.45, 2.75) is 67.2 Å². The third-order valence-electron chi connectivity index (χ3n) is 12.9. The molecule has 0 spiro atoms. The molecule has 65 heavy (non-hydrogen) atoms. The Labute approximate surface area is 388 Å². The summed E-state index contributed by atoms with van der Waals surface area (Å²) in [5.74, 6) is -0.919. The van der Waals surface area contributed by atoms with E-state index in [-0.39, 0.29) is 59.0 Å². The number of ether oxygens (including phenoxy) is 4. The summed E-state index contributed by atoms with van der Waals surface area (Å²) < 4.78 is 54.6. The van der Waals surface area contributed by atoms with Crippen LogP contribution in [-0.2, 0) is 32.6 Å². The maximum absolute atomic E-state index is 14.9. The molecule has 2 N–H and O–H groups in total. The molecule has 17 heteroatoms. The Kier molecular flexibility index (Phi) is 13.8. The molecule has 9 rings (SSSR count). The Morgan fingerprint density at radius 3 is 2.26 bits per heavy atom. The van der Waals surface area contributed by atoms with Crippen molar-refractivity contribution in [1.29, 1.82) is 0 Å². The summed E-state index contributed by atoms with van der Waals surface area (Å²) in [7, 11) is -1.59. The van der Waals surface area contributed by atoms with Crippen molar-refractivity contribution < 1.29 is 46.8 Å². The van der Waals surface area contributed by atoms with Gasteiger partial charge in [0.05, 0.1) is 25.2 Å². The predicted octanol–water partition coefficient (Wildman–Crippen LogP) is 7.77. The number of fused-ring (bicyclic) bond motifs is 3. The van der Waals surface area contributed by atoms with Crippen molar-refractivity contribution >= 4 is 45.3 Å². The van der Waals surface area contributed by atoms with Crippen LogP contribution in [0.2, 0.25) is 10.0 Å². The van der Waals surface area contributed by atoms with Crippen molar-refractivity contribution in [2.75, 3.05) is 40.4 Å². The molecule has 342 valence electrons. The second-order valence-electron chi connectivity index (χ2n) is 16.7. The number of nitrogens with zero attached hydrogens (tertiary/aromatic N) is 3. The standard InChI is InChI=1S/C48H50Cl2N4O10S/c1-61-42-16-15-34(25-43(42)62-2)39(26-38-40(49)27-53(58)28-41(38)50)48(46(55)56)19-8-20-54(48)65(59,60)37-14-6-9-31(23-37)30-63-36-13-7-12-35(24-36)45(33-10-4-3-5-11-33)51-47(57)64-44-29-52-21-17-32(44)18-22-52/h3-7,9-16,23-25,27-28,32,39,44-45H,8,17-22,26,29-30H2,1-2H3,(H,51,57)(H,55,56)/t39-,44-,45-,48-/m0/s1. The van der Waals surface area contributed by atoms with Crippen LogP contribution in [0.4, 0.5) is 4.79 Å². The number of carboxylic acid groups (broad SMARTS) is 1. The van der Waals surface area contributed by atoms with E-state index in [2.05, 4.69) is 10.2 Å². The fourth-order valence-electron chi connectivity index (χ4n) is 9.64. The summed E-state index contributed by atoms with van der Waals surface area (Å²) in [5, 5.41) is 26.6. The number of amides is 1. The van der Waals surface area contributed by atoms with Gasteiger partial charge in [-0.25, -0.2) is 13.2 Å². The van der Waals surface area contributed by atoms with E-state index in [9.17, 15) is 28.3 Å². The average molecular weight is 946 g/mol. The quantitative estimate of drug-likeness (QED) is 0.0732. The second kappa shape index (κ2) is 19.5. The lowest BCUT2D eigenvalue weighted by Crippen LogP contribution is -2.57. The molecular weight excluding hydrogens is 896 g/mol. The number of halogens is 2. The number of aliphatic carboxylic acids is 1. The van der Waals surface area contributed by atoms with E-state index in [1.54, 1.807) is 36.4 Å². The highest BCUT2D eigenvalue weighted by Crippen LogP contribution is 2.49. The van der Waals surface area contributed by atoms with Crippen LogP contribution < -0.4 is 24.3 Å². The number of carbonyl (C=O) groups excluding carboxylic acids is 1. The first kappa shape index (κ1) is 46.0. The van der Waals surface area contributed by atoms with Crippen LogP contribution in [-0.4, -0.2) is 86.8 Å². The molecule has 4 aliphatic rings. The molecule has 1 amide bonds. The van der Waals surface area contributed by atoms with Crippen LogP contribution in [0.1, 0.15) is 65.5 Å². The van der Waals surface area contributed by atoms with E-state index >= 15 is 0 Å². The summed E-state index contributed by atoms with van der Waals surface area (Å²) in [4.78, 5) is 29.5. The average Bonchev–Trinajstić information content (AvgIpc) is 3.78. The van der Waals surface area contributed by atoms with Crippen LogP contribution in [0.25, 0.3) is 0 Å². The van der Waals surface area contributed by atoms with Gasteiger partial charge < -0.3 is 34.6 Å². The van der Waals surface area contributed by atoms with Gasteiger partial charge in [-0.3, -0.25) is 9.69 Å². The molecule has 5 aromatic rings. The fraction of sp³-hybridized carbons (Fsp3) is 0.354. The summed E-state index contributed by atoms with van der Waals surface area (Å²) in [6, 6.07) is 27.5. The third-order valence-corrected chi connectivity index (χ3v) is 15.5. The minimum absolute atomic E-state index is 0.00169. The van der Waals surface area contributed by atoms with Crippen molar-refractivity contribution in [2.24, 2.45) is 5.92 Å². The largest absolute Gasteiger partial charge is 0.619 e. The molecular formula is C48H50Cl2N4O10S. The Hall–Kier alpha value is -5.58. The van der Waals surface area contributed by atoms with Gasteiger partial charge in [-0.15, -0.1) is 0 Å². The van der Waals surface area contributed by atoms with Gasteiger partial charge in [-0.05, 0) is 110 Å². The van der Waals surface area contributed by atoms with Gasteiger partial charge in [-0.2, -0.15) is 9.04 Å². The maximum Gasteiger partial charge on any atom is 0.408 e. The fourth-order valence-corrected chi connectivity index (χ4v) is 12.1. The van der Waals surface area contributed by atoms with Crippen LogP contribution in [0, 0.1) is 11.1 Å². The molecule has 5 heterocycles. The minimum Gasteiger partial charge on any atom is -0.619 e. The summed E-state index contributed by atoms with van der Waals surface area (Å²) in [6.45, 7) is 2.69. The zero-order valence-corrected chi connectivity index (χ0v) is 38.2. The van der Waals surface area contributed by atoms with Gasteiger partial charge in [0.2, 0.25) is 10.0 Å². The minimum atomic E-state index is -4.51. The Morgan fingerprint density at radius 1 is 0.877 bits per heavy atom. The molecule has 4 saturated heterocycles. The van der Waals surface area contributed by atoms with Crippen molar-refractivity contribution in [3.8, 4) is 17.2 Å². The number of alkyl carbamates (subject to hydrolysis) is 1. The summed E-state index contributed by atoms with van der Waals surface area (Å²) in [6.07, 6.45) is 3.67. The Bertz CT molecular complexity index is 2630. The Balaban J connectivity index is 1.06. The van der Waals surface area contributed by atoms with E-state index in [4.69, 9.17) is 42.1 Å². The number of rotatable bonds is 16. The smallest absolute Gasteiger partial charge is 0.408 e. The molecule has 14 nitrogen and oxygen atoms in total. The lowest BCUT2D eigenvalue weighted by Gasteiger charge is -2.43. The molecule has 0 unspecified atom stereocenters. The molecule has 0 aliphatic carbocycles. The number of sulfonamides is 1. The number of nitrogens with one attached hydrogen (secondary N) is 1. The lowest BCUT2D eigenvalue weighted by atomic mass is 9.74. The van der Waals surface area contributed by atoms with Crippen LogP contribution >= 0.6 is 23.2 Å². The van der Waals surface area contributed by atoms with Crippen molar-refractivity contribution in [3.05, 3.63) is 153 Å². The number of aromatic nitrogens is 1. The number of piperidine rings is 3. The van der Waals surface area contributed by atoms with Gasteiger partial charge in [0.15, 0.2) is 23.9 Å². The third kappa shape index (κ3) is 9.57. The highest BCUT2D eigenvalue weighted by Gasteiger charge is 2.58. The molecule has 0 saturated carbocycles. The molecule has 4 atom stereocenters. The molecule has 4 aromatic carbocycles. The van der Waals surface area contributed by atoms with E-state index in [1.165, 1.54) is 26.4 Å². The molecule has 1 aromatic heterocycles. The SMILES string of the molecule is COc1ccc([C@H](Cc2c(Cl)c[n+]([O-])cc2Cl)[C@]2(C(=O)O)CCCN2S(=O)(=O)c2cccc(COc3cccc([C@@H](NC(=O)O[C@H]4CN5CCC4CC5)c4ccccc4)c3)c2)cc1OC. The van der Waals surface area contributed by atoms with Crippen LogP contribution in [0.5, 0.6) is 17.2 Å². The highest BCUT2D eigenvalue weighted by molar-refractivity contribution is 7.89. The van der Waals surface area contributed by atoms with E-state index < -0.39 is 39.6 Å². The van der Waals surface area contributed by atoms with Gasteiger partial charge in [0.1, 0.15) is 34.0 Å². The predicted molar refractivity (Wildman–Crippen MR) is 243 cm³/mol. The molecule has 4 aliphatic heterocycles. The van der Waals surface area contributed by atoms with Crippen LogP contribution in [0.15, 0.2) is 114 Å². The normalized spacial score (nSPS) is 21.6. The first-order chi connectivity index (χ1) is 31.3. The Morgan fingerprint density at radius 2 is 1.58 bits per heavy atom. The molecule has 4 fully saturated rings. The van der Waals surface area contributed by atoms with Crippen molar-refractivity contribution in [1.82, 2.24) is 14.5 Å². The van der Waals surface area contributed by atoms with E-state index in [0.29, 0.717) is 39.0 Å². The van der Waals surface area contributed by atoms with E-state index in [0.717, 1.165) is 60.3 Å². The topological polar surface area (TPSA) is 171 Å². The number of pyridine rings is 1. The monoisotopic (exact) mass is 944 g/mol. The van der Waals surface area contributed by atoms with E-state index in [1.807, 2.05) is 48.5 Å². The summed E-state index contributed by atoms with van der Waals surface area (Å²) >= 11 is 13.1. The number of benzene rings is 4. The molecule has 2 bridgehead atoms. The van der Waals surface area contributed by atoms with Crippen molar-refractivity contribution in [3.63, 3.8) is 0 Å². The maximum atomic E-state index is 14.9. The van der Waals surface area contributed by atoms with Gasteiger partial charge >= 0.3 is 12.1 Å². The van der Waals surface area contributed by atoms with Gasteiger partial charge in [0.25, 0.3) is 0 Å². The number of carboxylic acids is 1. The number of hydrogen-bond acceptors (Lipinski definition) is 10.